The highest BCUT2D eigenvalue weighted by Crippen LogP contribution is 2.41. The van der Waals surface area contributed by atoms with E-state index in [9.17, 15) is 27.5 Å². The molecule has 0 unspecified atom stereocenters. The summed E-state index contributed by atoms with van der Waals surface area (Å²) in [5.74, 6) is -1.10. The summed E-state index contributed by atoms with van der Waals surface area (Å²) in [6, 6.07) is 7.73. The first-order valence-electron chi connectivity index (χ1n) is 10.3. The number of benzene rings is 2. The fourth-order valence-corrected chi connectivity index (χ4v) is 3.43. The SMILES string of the molecule is C#C/C=C(/C=C/C(=O)O)\C=C(\F)C/C(=C(/CC)c1ccc(F)cc1C(F)(F)F)c1ccc(O)cc1. The number of halogens is 5. The molecule has 182 valence electrons. The third-order valence-electron chi connectivity index (χ3n) is 4.88. The smallest absolute Gasteiger partial charge is 0.417 e. The zero-order valence-electron chi connectivity index (χ0n) is 18.5. The predicted octanol–water partition coefficient (Wildman–Crippen LogP) is 7.31. The highest BCUT2D eigenvalue weighted by atomic mass is 19.4. The van der Waals surface area contributed by atoms with E-state index in [4.69, 9.17) is 11.5 Å². The molecule has 2 rings (SSSR count). The number of hydrogen-bond acceptors (Lipinski definition) is 2. The Bertz CT molecular complexity index is 1240. The largest absolute Gasteiger partial charge is 0.508 e. The van der Waals surface area contributed by atoms with Gasteiger partial charge in [0.05, 0.1) is 5.56 Å². The molecule has 0 fully saturated rings. The molecule has 0 amide bonds. The standard InChI is InChI=1S/C27H21F5O3/c1-3-5-17(6-13-26(34)35)14-20(29)15-24(18-7-10-21(33)11-8-18)22(4-2)23-12-9-19(28)16-25(23)27(30,31)32/h1,5-14,16,33H,4,15H2,2H3,(H,34,35)/b13-6+,17-5-,20-14+,24-22+. The van der Waals surface area contributed by atoms with E-state index >= 15 is 4.39 Å². The number of alkyl halides is 3. The van der Waals surface area contributed by atoms with E-state index in [1.165, 1.54) is 24.3 Å². The van der Waals surface area contributed by atoms with Crippen molar-refractivity contribution in [1.29, 1.82) is 0 Å². The summed E-state index contributed by atoms with van der Waals surface area (Å²) in [6.45, 7) is 1.58. The third-order valence-corrected chi connectivity index (χ3v) is 4.88. The number of phenolic OH excluding ortho intramolecular Hbond substituents is 1. The average molecular weight is 488 g/mol. The lowest BCUT2D eigenvalue weighted by Gasteiger charge is -2.19. The van der Waals surface area contributed by atoms with Gasteiger partial charge in [-0.25, -0.2) is 13.6 Å². The number of carbonyl (C=O) groups is 1. The fourth-order valence-electron chi connectivity index (χ4n) is 3.43. The summed E-state index contributed by atoms with van der Waals surface area (Å²) in [4.78, 5) is 10.8. The van der Waals surface area contributed by atoms with Crippen LogP contribution in [0.1, 0.15) is 36.5 Å². The van der Waals surface area contributed by atoms with Crippen molar-refractivity contribution in [2.75, 3.05) is 0 Å². The van der Waals surface area contributed by atoms with Gasteiger partial charge in [0.25, 0.3) is 0 Å². The van der Waals surface area contributed by atoms with Gasteiger partial charge >= 0.3 is 12.1 Å². The highest BCUT2D eigenvalue weighted by molar-refractivity contribution is 5.92. The first-order valence-corrected chi connectivity index (χ1v) is 10.3. The second-order valence-electron chi connectivity index (χ2n) is 7.30. The first-order chi connectivity index (χ1) is 16.5. The first kappa shape index (κ1) is 27.1. The van der Waals surface area contributed by atoms with E-state index < -0.39 is 35.8 Å². The van der Waals surface area contributed by atoms with Crippen LogP contribution in [-0.4, -0.2) is 16.2 Å². The molecule has 35 heavy (non-hydrogen) atoms. The number of phenols is 1. The number of aromatic hydroxyl groups is 1. The van der Waals surface area contributed by atoms with Gasteiger partial charge in [-0.2, -0.15) is 13.2 Å². The second kappa shape index (κ2) is 11.8. The Hall–Kier alpha value is -4.12. The van der Waals surface area contributed by atoms with Crippen molar-refractivity contribution in [3.8, 4) is 18.1 Å². The van der Waals surface area contributed by atoms with Crippen molar-refractivity contribution in [2.45, 2.75) is 25.9 Å². The summed E-state index contributed by atoms with van der Waals surface area (Å²) in [6.07, 6.45) is 3.85. The van der Waals surface area contributed by atoms with Crippen molar-refractivity contribution in [3.63, 3.8) is 0 Å². The molecule has 0 aromatic heterocycles. The van der Waals surface area contributed by atoms with Gasteiger partial charge in [0.1, 0.15) is 17.4 Å². The monoisotopic (exact) mass is 488 g/mol. The normalized spacial score (nSPS) is 13.5. The van der Waals surface area contributed by atoms with Crippen LogP contribution < -0.4 is 0 Å². The van der Waals surface area contributed by atoms with Crippen molar-refractivity contribution in [2.24, 2.45) is 0 Å². The molecule has 0 aliphatic heterocycles. The molecule has 2 aromatic carbocycles. The maximum Gasteiger partial charge on any atom is 0.417 e. The summed E-state index contributed by atoms with van der Waals surface area (Å²) in [7, 11) is 0. The molecule has 0 spiro atoms. The molecule has 3 nitrogen and oxygen atoms in total. The van der Waals surface area contributed by atoms with E-state index in [1.807, 2.05) is 0 Å². The molecule has 0 bridgehead atoms. The van der Waals surface area contributed by atoms with E-state index in [2.05, 4.69) is 5.92 Å². The van der Waals surface area contributed by atoms with Gasteiger partial charge in [0.15, 0.2) is 0 Å². The minimum Gasteiger partial charge on any atom is -0.508 e. The van der Waals surface area contributed by atoms with Crippen LogP contribution in [0.15, 0.2) is 78.2 Å². The van der Waals surface area contributed by atoms with Crippen LogP contribution in [-0.2, 0) is 11.0 Å². The highest BCUT2D eigenvalue weighted by Gasteiger charge is 2.35. The van der Waals surface area contributed by atoms with Crippen LogP contribution in [0, 0.1) is 18.2 Å². The van der Waals surface area contributed by atoms with Gasteiger partial charge in [-0.05, 0) is 76.8 Å². The third kappa shape index (κ3) is 7.71. The number of carboxylic acid groups (broad SMARTS) is 1. The molecule has 2 aromatic rings. The zero-order valence-corrected chi connectivity index (χ0v) is 18.5. The Morgan fingerprint density at radius 2 is 1.74 bits per heavy atom. The summed E-state index contributed by atoms with van der Waals surface area (Å²) in [5.41, 5.74) is -0.831. The van der Waals surface area contributed by atoms with Crippen LogP contribution in [0.25, 0.3) is 11.1 Å². The zero-order chi connectivity index (χ0) is 26.2. The molecule has 0 aliphatic carbocycles. The molecule has 0 heterocycles. The average Bonchev–Trinajstić information content (AvgIpc) is 2.78. The number of carboxylic acids is 1. The van der Waals surface area contributed by atoms with Crippen LogP contribution in [0.3, 0.4) is 0 Å². The van der Waals surface area contributed by atoms with Crippen LogP contribution in [0.2, 0.25) is 0 Å². The molecule has 0 saturated heterocycles. The Kier molecular flexibility index (Phi) is 9.18. The van der Waals surface area contributed by atoms with Gasteiger partial charge in [-0.3, -0.25) is 0 Å². The number of aliphatic carboxylic acids is 1. The van der Waals surface area contributed by atoms with Gasteiger partial charge < -0.3 is 10.2 Å². The molecule has 8 heteroatoms. The van der Waals surface area contributed by atoms with Gasteiger partial charge in [-0.15, -0.1) is 6.42 Å². The van der Waals surface area contributed by atoms with Crippen LogP contribution in [0.5, 0.6) is 5.75 Å². The maximum atomic E-state index is 15.1. The van der Waals surface area contributed by atoms with Crippen molar-refractivity contribution in [1.82, 2.24) is 0 Å². The van der Waals surface area contributed by atoms with E-state index in [-0.39, 0.29) is 34.5 Å². The van der Waals surface area contributed by atoms with Crippen molar-refractivity contribution in [3.05, 3.63) is 101 Å². The number of hydrogen-bond donors (Lipinski definition) is 2. The number of rotatable bonds is 8. The molecule has 2 N–H and O–H groups in total. The number of terminal acetylenes is 1. The lowest BCUT2D eigenvalue weighted by Crippen LogP contribution is -2.10. The Morgan fingerprint density at radius 3 is 2.29 bits per heavy atom. The maximum absolute atomic E-state index is 15.1. The summed E-state index contributed by atoms with van der Waals surface area (Å²) in [5, 5.41) is 18.4. The Morgan fingerprint density at radius 1 is 1.09 bits per heavy atom. The van der Waals surface area contributed by atoms with Crippen molar-refractivity contribution < 1.29 is 37.0 Å². The lowest BCUT2D eigenvalue weighted by molar-refractivity contribution is -0.138. The summed E-state index contributed by atoms with van der Waals surface area (Å²) < 4.78 is 70.0. The predicted molar refractivity (Wildman–Crippen MR) is 124 cm³/mol. The molecule has 0 saturated carbocycles. The van der Waals surface area contributed by atoms with E-state index in [0.29, 0.717) is 11.6 Å². The lowest BCUT2D eigenvalue weighted by atomic mass is 9.88. The van der Waals surface area contributed by atoms with Crippen LogP contribution >= 0.6 is 0 Å². The fraction of sp³-hybridized carbons (Fsp3) is 0.148. The minimum atomic E-state index is -4.86. The Balaban J connectivity index is 2.75. The van der Waals surface area contributed by atoms with Crippen molar-refractivity contribution >= 4 is 17.1 Å². The Labute approximate surface area is 199 Å². The molecular formula is C27H21F5O3. The van der Waals surface area contributed by atoms with E-state index in [1.54, 1.807) is 6.92 Å². The molecule has 0 radical (unpaired) electrons. The van der Waals surface area contributed by atoms with Gasteiger partial charge in [-0.1, -0.05) is 31.0 Å². The topological polar surface area (TPSA) is 57.5 Å². The second-order valence-corrected chi connectivity index (χ2v) is 7.30. The quantitative estimate of drug-likeness (QED) is 0.135. The number of allylic oxidation sites excluding steroid dienone is 7. The molecule has 0 atom stereocenters. The minimum absolute atomic E-state index is 0.0458. The summed E-state index contributed by atoms with van der Waals surface area (Å²) >= 11 is 0. The van der Waals surface area contributed by atoms with Crippen LogP contribution in [0.4, 0.5) is 22.0 Å². The molecule has 0 aliphatic rings. The molecular weight excluding hydrogens is 467 g/mol. The van der Waals surface area contributed by atoms with Gasteiger partial charge in [0, 0.05) is 12.5 Å². The van der Waals surface area contributed by atoms with Gasteiger partial charge in [0.2, 0.25) is 0 Å². The van der Waals surface area contributed by atoms with E-state index in [0.717, 1.165) is 36.4 Å².